The van der Waals surface area contributed by atoms with Crippen LogP contribution in [0.2, 0.25) is 5.02 Å². The molecule has 2 aromatic rings. The molecule has 126 valence electrons. The van der Waals surface area contributed by atoms with Crippen LogP contribution < -0.4 is 10.6 Å². The summed E-state index contributed by atoms with van der Waals surface area (Å²) in [4.78, 5) is 4.76. The average Bonchev–Trinajstić information content (AvgIpc) is 3.12. The van der Waals surface area contributed by atoms with E-state index in [-0.39, 0.29) is 11.6 Å². The summed E-state index contributed by atoms with van der Waals surface area (Å²) in [6.45, 7) is 4.80. The van der Waals surface area contributed by atoms with Crippen LogP contribution >= 0.6 is 11.6 Å². The number of hydrogen-bond donors (Lipinski definition) is 2. The summed E-state index contributed by atoms with van der Waals surface area (Å²) in [6, 6.07) is 5.97. The van der Waals surface area contributed by atoms with E-state index in [1.165, 1.54) is 6.42 Å². The summed E-state index contributed by atoms with van der Waals surface area (Å²) in [5.41, 5.74) is 2.08. The largest absolute Gasteiger partial charge is 0.383 e. The summed E-state index contributed by atoms with van der Waals surface area (Å²) >= 11 is 6.10. The van der Waals surface area contributed by atoms with Gasteiger partial charge in [-0.05, 0) is 44.5 Å². The van der Waals surface area contributed by atoms with Gasteiger partial charge in [-0.3, -0.25) is 0 Å². The molecule has 0 saturated carbocycles. The molecule has 2 unspecified atom stereocenters. The molecule has 3 rings (SSSR count). The maximum absolute atomic E-state index is 6.10. The number of hydrogen-bond acceptors (Lipinski definition) is 4. The third-order valence-corrected chi connectivity index (χ3v) is 5.00. The van der Waals surface area contributed by atoms with Gasteiger partial charge in [-0.1, -0.05) is 11.6 Å². The Bertz CT molecular complexity index is 679. The van der Waals surface area contributed by atoms with E-state index in [1.807, 2.05) is 25.2 Å². The highest BCUT2D eigenvalue weighted by Crippen LogP contribution is 2.24. The molecule has 23 heavy (non-hydrogen) atoms. The Balaban J connectivity index is 1.75. The number of benzene rings is 1. The van der Waals surface area contributed by atoms with Crippen molar-refractivity contribution in [3.8, 4) is 0 Å². The van der Waals surface area contributed by atoms with Crippen molar-refractivity contribution >= 4 is 22.6 Å². The van der Waals surface area contributed by atoms with E-state index in [1.54, 1.807) is 7.11 Å². The third-order valence-electron chi connectivity index (χ3n) is 4.76. The summed E-state index contributed by atoms with van der Waals surface area (Å²) in [5.74, 6) is 1.02. The molecule has 6 heteroatoms. The van der Waals surface area contributed by atoms with Gasteiger partial charge in [-0.2, -0.15) is 0 Å². The molecule has 2 N–H and O–H groups in total. The second-order valence-corrected chi connectivity index (χ2v) is 6.94. The van der Waals surface area contributed by atoms with Crippen molar-refractivity contribution in [2.75, 3.05) is 26.8 Å². The summed E-state index contributed by atoms with van der Waals surface area (Å²) in [7, 11) is 3.80. The van der Waals surface area contributed by atoms with Crippen molar-refractivity contribution in [3.63, 3.8) is 0 Å². The molecule has 0 spiro atoms. The molecule has 0 radical (unpaired) electrons. The lowest BCUT2D eigenvalue weighted by Gasteiger charge is -2.30. The van der Waals surface area contributed by atoms with E-state index in [2.05, 4.69) is 22.1 Å². The average molecular weight is 337 g/mol. The highest BCUT2D eigenvalue weighted by molar-refractivity contribution is 6.31. The number of fused-ring (bicyclic) bond motifs is 1. The molecular formula is C17H25ClN4O. The highest BCUT2D eigenvalue weighted by atomic mass is 35.5. The lowest BCUT2D eigenvalue weighted by atomic mass is 9.98. The monoisotopic (exact) mass is 336 g/mol. The van der Waals surface area contributed by atoms with Crippen LogP contribution in [-0.2, 0) is 11.8 Å². The zero-order chi connectivity index (χ0) is 16.4. The van der Waals surface area contributed by atoms with Gasteiger partial charge >= 0.3 is 0 Å². The van der Waals surface area contributed by atoms with Gasteiger partial charge in [-0.25, -0.2) is 4.98 Å². The smallest absolute Gasteiger partial charge is 0.126 e. The third kappa shape index (κ3) is 3.38. The number of rotatable bonds is 6. The first-order valence-electron chi connectivity index (χ1n) is 8.14. The first-order chi connectivity index (χ1) is 11.0. The van der Waals surface area contributed by atoms with E-state index >= 15 is 0 Å². The minimum absolute atomic E-state index is 0.0386. The van der Waals surface area contributed by atoms with Crippen molar-refractivity contribution < 1.29 is 4.74 Å². The van der Waals surface area contributed by atoms with Crippen molar-refractivity contribution in [3.05, 3.63) is 29.0 Å². The van der Waals surface area contributed by atoms with E-state index in [4.69, 9.17) is 21.3 Å². The Morgan fingerprint density at radius 3 is 3.04 bits per heavy atom. The van der Waals surface area contributed by atoms with Crippen molar-refractivity contribution in [1.29, 1.82) is 0 Å². The molecule has 2 atom stereocenters. The number of aryl methyl sites for hydroxylation is 1. The van der Waals surface area contributed by atoms with Crippen molar-refractivity contribution in [1.82, 2.24) is 20.2 Å². The number of methoxy groups -OCH3 is 1. The topological polar surface area (TPSA) is 51.1 Å². The molecule has 1 aliphatic rings. The molecule has 1 aromatic carbocycles. The van der Waals surface area contributed by atoms with Gasteiger partial charge in [0.05, 0.1) is 29.2 Å². The maximum atomic E-state index is 6.10. The quantitative estimate of drug-likeness (QED) is 0.851. The first-order valence-corrected chi connectivity index (χ1v) is 8.52. The van der Waals surface area contributed by atoms with Crippen LogP contribution in [0, 0.1) is 0 Å². The number of aromatic nitrogens is 2. The lowest BCUT2D eigenvalue weighted by molar-refractivity contribution is 0.117. The molecule has 1 aliphatic heterocycles. The summed E-state index contributed by atoms with van der Waals surface area (Å²) in [5, 5.41) is 7.96. The van der Waals surface area contributed by atoms with E-state index in [0.717, 1.165) is 48.0 Å². The Kier molecular flexibility index (Phi) is 4.92. The number of halogens is 1. The second-order valence-electron chi connectivity index (χ2n) is 6.51. The van der Waals surface area contributed by atoms with Gasteiger partial charge in [-0.15, -0.1) is 0 Å². The molecule has 1 fully saturated rings. The van der Waals surface area contributed by atoms with Crippen molar-refractivity contribution in [2.45, 2.75) is 31.3 Å². The Labute approximate surface area is 142 Å². The normalized spacial score (nSPS) is 22.8. The predicted molar refractivity (Wildman–Crippen MR) is 94.0 cm³/mol. The number of ether oxygens (including phenoxy) is 1. The molecule has 0 amide bonds. The fourth-order valence-corrected chi connectivity index (χ4v) is 3.65. The zero-order valence-electron chi connectivity index (χ0n) is 14.0. The van der Waals surface area contributed by atoms with Gasteiger partial charge in [0.15, 0.2) is 0 Å². The van der Waals surface area contributed by atoms with Gasteiger partial charge in [0.2, 0.25) is 0 Å². The minimum Gasteiger partial charge on any atom is -0.383 e. The van der Waals surface area contributed by atoms with Crippen LogP contribution in [0.15, 0.2) is 18.2 Å². The Morgan fingerprint density at radius 2 is 2.35 bits per heavy atom. The number of nitrogens with one attached hydrogen (secondary N) is 2. The predicted octanol–water partition coefficient (Wildman–Crippen LogP) is 2.65. The van der Waals surface area contributed by atoms with E-state index < -0.39 is 0 Å². The van der Waals surface area contributed by atoms with Gasteiger partial charge in [0.25, 0.3) is 0 Å². The van der Waals surface area contributed by atoms with Crippen LogP contribution in [0.25, 0.3) is 11.0 Å². The molecule has 0 bridgehead atoms. The molecule has 1 aromatic heterocycles. The van der Waals surface area contributed by atoms with Gasteiger partial charge in [0.1, 0.15) is 5.82 Å². The summed E-state index contributed by atoms with van der Waals surface area (Å²) in [6.07, 6.45) is 2.34. The Morgan fingerprint density at radius 1 is 1.52 bits per heavy atom. The van der Waals surface area contributed by atoms with Crippen molar-refractivity contribution in [2.24, 2.45) is 7.05 Å². The Hall–Kier alpha value is -1.14. The standard InChI is InChI=1S/C17H25ClN4O/c1-12(19-10-17(11-23-3)7-4-8-20-17)16-21-14-6-5-13(18)9-15(14)22(16)2/h5-6,9,12,19-20H,4,7-8,10-11H2,1-3H3. The fraction of sp³-hybridized carbons (Fsp3) is 0.588. The second kappa shape index (κ2) is 6.77. The first kappa shape index (κ1) is 16.7. The summed E-state index contributed by atoms with van der Waals surface area (Å²) < 4.78 is 7.53. The van der Waals surface area contributed by atoms with Crippen LogP contribution in [-0.4, -0.2) is 41.9 Å². The highest BCUT2D eigenvalue weighted by Gasteiger charge is 2.33. The van der Waals surface area contributed by atoms with E-state index in [0.29, 0.717) is 0 Å². The SMILES string of the molecule is COCC1(CNC(C)c2nc3ccc(Cl)cc3n2C)CCCN1. The lowest BCUT2D eigenvalue weighted by Crippen LogP contribution is -2.52. The van der Waals surface area contributed by atoms with Crippen LogP contribution in [0.5, 0.6) is 0 Å². The molecule has 0 aliphatic carbocycles. The number of imidazole rings is 1. The van der Waals surface area contributed by atoms with Gasteiger partial charge < -0.3 is 19.9 Å². The number of nitrogens with zero attached hydrogens (tertiary/aromatic N) is 2. The fourth-order valence-electron chi connectivity index (χ4n) is 3.48. The molecule has 1 saturated heterocycles. The maximum Gasteiger partial charge on any atom is 0.126 e. The van der Waals surface area contributed by atoms with Crippen LogP contribution in [0.1, 0.15) is 31.6 Å². The minimum atomic E-state index is 0.0386. The van der Waals surface area contributed by atoms with Crippen LogP contribution in [0.3, 0.4) is 0 Å². The molecule has 5 nitrogen and oxygen atoms in total. The zero-order valence-corrected chi connectivity index (χ0v) is 14.8. The van der Waals surface area contributed by atoms with E-state index in [9.17, 15) is 0 Å². The van der Waals surface area contributed by atoms with Gasteiger partial charge in [0, 0.05) is 25.7 Å². The van der Waals surface area contributed by atoms with Crippen LogP contribution in [0.4, 0.5) is 0 Å². The molecule has 2 heterocycles. The molecular weight excluding hydrogens is 312 g/mol.